The van der Waals surface area contributed by atoms with Crippen LogP contribution in [0.3, 0.4) is 0 Å². The van der Waals surface area contributed by atoms with E-state index in [0.29, 0.717) is 24.2 Å². The van der Waals surface area contributed by atoms with Gasteiger partial charge in [0.2, 0.25) is 26.3 Å². The van der Waals surface area contributed by atoms with Gasteiger partial charge in [0.1, 0.15) is 5.69 Å². The van der Waals surface area contributed by atoms with Crippen LogP contribution in [0.1, 0.15) is 45.4 Å². The first kappa shape index (κ1) is 19.6. The molecule has 1 saturated heterocycles. The van der Waals surface area contributed by atoms with E-state index >= 15 is 0 Å². The molecule has 0 bridgehead atoms. The number of Topliss-reactive ketones (excluding diaryl/α,β-unsaturated/α-hetero) is 1. The lowest BCUT2D eigenvalue weighted by atomic mass is 9.85. The molecule has 3 aliphatic rings. The fraction of sp³-hybridized carbons (Fsp3) is 0.450. The van der Waals surface area contributed by atoms with Gasteiger partial charge in [-0.2, -0.15) is 0 Å². The molecule has 1 spiro atoms. The number of hydrogen-bond acceptors (Lipinski definition) is 6. The Balaban J connectivity index is 1.71. The molecule has 152 valence electrons. The highest BCUT2D eigenvalue weighted by molar-refractivity contribution is 8.10. The first-order valence-corrected chi connectivity index (χ1v) is 11.2. The lowest BCUT2D eigenvalue weighted by Crippen LogP contribution is -2.38. The molecule has 8 nitrogen and oxygen atoms in total. The first-order chi connectivity index (χ1) is 13.8. The van der Waals surface area contributed by atoms with Crippen molar-refractivity contribution in [2.45, 2.75) is 50.2 Å². The van der Waals surface area contributed by atoms with Crippen molar-refractivity contribution in [1.29, 1.82) is 0 Å². The smallest absolute Gasteiger partial charge is 0.292 e. The minimum atomic E-state index is -3.86. The number of ketones is 1. The standard InChI is InChI=1S/C20H23N4O4S/c1-14-17(19(26)24(23(14)2)15-9-5-3-6-10-15)21-22-18-16(25)13-20(29(18,27)28)11-7-4-8-12-20/h3,5-6,9-10H,4,7-8,11-13H2,1-2H3/q+1. The zero-order valence-corrected chi connectivity index (χ0v) is 17.3. The van der Waals surface area contributed by atoms with Crippen molar-refractivity contribution in [2.24, 2.45) is 10.2 Å². The zero-order chi connectivity index (χ0) is 20.8. The number of hydrogen-bond donors (Lipinski definition) is 0. The summed E-state index contributed by atoms with van der Waals surface area (Å²) in [6.45, 7) is 1.70. The van der Waals surface area contributed by atoms with Crippen LogP contribution in [0, 0.1) is 0 Å². The fourth-order valence-electron chi connectivity index (χ4n) is 4.33. The lowest BCUT2D eigenvalue weighted by Gasteiger charge is -2.30. The molecule has 0 atom stereocenters. The molecule has 9 heteroatoms. The molecule has 1 aromatic carbocycles. The Morgan fingerprint density at radius 1 is 1.03 bits per heavy atom. The summed E-state index contributed by atoms with van der Waals surface area (Å²) < 4.78 is 26.7. The predicted molar refractivity (Wildman–Crippen MR) is 110 cm³/mol. The molecular formula is C20H23N4O4S+. The van der Waals surface area contributed by atoms with Crippen LogP contribution in [-0.4, -0.2) is 53.1 Å². The lowest BCUT2D eigenvalue weighted by molar-refractivity contribution is -0.495. The molecule has 0 radical (unpaired) electrons. The quantitative estimate of drug-likeness (QED) is 0.544. The Labute approximate surface area is 169 Å². The van der Waals surface area contributed by atoms with Gasteiger partial charge in [-0.05, 0) is 25.0 Å². The molecule has 1 saturated carbocycles. The summed E-state index contributed by atoms with van der Waals surface area (Å²) in [6.07, 6.45) is 3.47. The van der Waals surface area contributed by atoms with Crippen LogP contribution in [0.15, 0.2) is 40.5 Å². The van der Waals surface area contributed by atoms with E-state index in [9.17, 15) is 18.0 Å². The third-order valence-electron chi connectivity index (χ3n) is 6.08. The monoisotopic (exact) mass is 415 g/mol. The van der Waals surface area contributed by atoms with E-state index in [1.165, 1.54) is 5.01 Å². The van der Waals surface area contributed by atoms with Crippen LogP contribution in [0.25, 0.3) is 0 Å². The van der Waals surface area contributed by atoms with E-state index in [1.807, 2.05) is 18.2 Å². The molecule has 1 aliphatic carbocycles. The summed E-state index contributed by atoms with van der Waals surface area (Å²) in [7, 11) is -2.15. The van der Waals surface area contributed by atoms with E-state index in [4.69, 9.17) is 0 Å². The highest BCUT2D eigenvalue weighted by atomic mass is 32.2. The second kappa shape index (κ2) is 6.98. The number of benzene rings is 1. The van der Waals surface area contributed by atoms with Crippen LogP contribution in [0.5, 0.6) is 0 Å². The van der Waals surface area contributed by atoms with Gasteiger partial charge in [-0.1, -0.05) is 42.5 Å². The van der Waals surface area contributed by atoms with Gasteiger partial charge in [0, 0.05) is 13.3 Å². The predicted octanol–water partition coefficient (Wildman–Crippen LogP) is 1.90. The van der Waals surface area contributed by atoms with Crippen LogP contribution < -0.4 is 5.01 Å². The highest BCUT2D eigenvalue weighted by Crippen LogP contribution is 2.43. The largest absolute Gasteiger partial charge is 0.340 e. The Hall–Kier alpha value is -2.68. The van der Waals surface area contributed by atoms with Gasteiger partial charge >= 0.3 is 5.91 Å². The van der Waals surface area contributed by atoms with Crippen LogP contribution in [0.4, 0.5) is 5.69 Å². The molecule has 2 heterocycles. The molecule has 4 rings (SSSR count). The van der Waals surface area contributed by atoms with Crippen molar-refractivity contribution in [1.82, 2.24) is 0 Å². The van der Waals surface area contributed by atoms with Gasteiger partial charge < -0.3 is 0 Å². The summed E-state index contributed by atoms with van der Waals surface area (Å²) in [5.74, 6) is -0.927. The number of rotatable bonds is 2. The highest BCUT2D eigenvalue weighted by Gasteiger charge is 2.56. The summed E-state index contributed by atoms with van der Waals surface area (Å²) in [5.41, 5.74) is 1.21. The third-order valence-corrected chi connectivity index (χ3v) is 8.59. The van der Waals surface area contributed by atoms with Gasteiger partial charge in [0.15, 0.2) is 12.8 Å². The molecule has 1 amide bonds. The Bertz CT molecular complexity index is 1080. The van der Waals surface area contributed by atoms with Gasteiger partial charge in [0.05, 0.1) is 4.75 Å². The van der Waals surface area contributed by atoms with E-state index in [-0.39, 0.29) is 12.1 Å². The van der Waals surface area contributed by atoms with Crippen molar-refractivity contribution < 1.29 is 22.7 Å². The van der Waals surface area contributed by atoms with E-state index < -0.39 is 31.3 Å². The molecule has 1 aromatic rings. The normalized spacial score (nSPS) is 26.3. The minimum Gasteiger partial charge on any atom is -0.292 e. The van der Waals surface area contributed by atoms with E-state index in [2.05, 4.69) is 10.2 Å². The van der Waals surface area contributed by atoms with Gasteiger partial charge in [0.25, 0.3) is 0 Å². The number of sulfone groups is 1. The maximum absolute atomic E-state index is 13.1. The van der Waals surface area contributed by atoms with Gasteiger partial charge in [-0.15, -0.1) is 14.9 Å². The maximum atomic E-state index is 13.1. The Morgan fingerprint density at radius 2 is 1.69 bits per heavy atom. The fourth-order valence-corrected chi connectivity index (χ4v) is 6.41. The number of nitrogens with zero attached hydrogens (tertiary/aromatic N) is 4. The van der Waals surface area contributed by atoms with E-state index in [1.54, 1.807) is 30.8 Å². The van der Waals surface area contributed by atoms with Crippen molar-refractivity contribution in [3.8, 4) is 0 Å². The number of hydrazone groups is 1. The number of anilines is 1. The van der Waals surface area contributed by atoms with Crippen LogP contribution in [-0.2, 0) is 19.4 Å². The summed E-state index contributed by atoms with van der Waals surface area (Å²) >= 11 is 0. The molecule has 2 fully saturated rings. The second-order valence-corrected chi connectivity index (χ2v) is 10.0. The van der Waals surface area contributed by atoms with Crippen molar-refractivity contribution in [2.75, 3.05) is 12.1 Å². The van der Waals surface area contributed by atoms with Crippen LogP contribution >= 0.6 is 0 Å². The third kappa shape index (κ3) is 2.95. The SMILES string of the molecule is CC1=[N+](C)N(c2ccccc2)C(=O)C1=NN=C1C(=O)CC2(CCCCC2)S1(=O)=O. The average Bonchev–Trinajstić information content (AvgIpc) is 3.02. The molecule has 29 heavy (non-hydrogen) atoms. The number of hydrazine groups is 1. The Kier molecular flexibility index (Phi) is 4.72. The summed E-state index contributed by atoms with van der Waals surface area (Å²) in [4.78, 5) is 25.4. The van der Waals surface area contributed by atoms with E-state index in [0.717, 1.165) is 19.3 Å². The maximum Gasteiger partial charge on any atom is 0.340 e. The zero-order valence-electron chi connectivity index (χ0n) is 16.5. The van der Waals surface area contributed by atoms with Crippen molar-refractivity contribution in [3.05, 3.63) is 30.3 Å². The van der Waals surface area contributed by atoms with Crippen LogP contribution in [0.2, 0.25) is 0 Å². The topological polar surface area (TPSA) is 99.2 Å². The molecule has 0 aromatic heterocycles. The number of para-hydroxylation sites is 1. The molecular weight excluding hydrogens is 392 g/mol. The van der Waals surface area contributed by atoms with Crippen molar-refractivity contribution in [3.63, 3.8) is 0 Å². The number of carbonyl (C=O) groups excluding carboxylic acids is 2. The van der Waals surface area contributed by atoms with Crippen molar-refractivity contribution >= 4 is 43.7 Å². The average molecular weight is 415 g/mol. The second-order valence-electron chi connectivity index (χ2n) is 7.76. The summed E-state index contributed by atoms with van der Waals surface area (Å²) in [5, 5.41) is 8.70. The molecule has 0 unspecified atom stereocenters. The summed E-state index contributed by atoms with van der Waals surface area (Å²) in [6, 6.07) is 9.05. The van der Waals surface area contributed by atoms with Gasteiger partial charge in [-0.3, -0.25) is 9.59 Å². The van der Waals surface area contributed by atoms with Gasteiger partial charge in [-0.25, -0.2) is 8.42 Å². The molecule has 2 aliphatic heterocycles. The molecule has 0 N–H and O–H groups in total. The number of carbonyl (C=O) groups is 2. The minimum absolute atomic E-state index is 0.0245. The first-order valence-electron chi connectivity index (χ1n) is 9.69. The Morgan fingerprint density at radius 3 is 2.34 bits per heavy atom. The number of amides is 1.